The van der Waals surface area contributed by atoms with E-state index in [1.165, 1.54) is 18.6 Å². The number of amides is 1. The van der Waals surface area contributed by atoms with Crippen LogP contribution in [0.1, 0.15) is 19.8 Å². The first kappa shape index (κ1) is 24.3. The summed E-state index contributed by atoms with van der Waals surface area (Å²) in [6.07, 6.45) is 4.10. The number of anilines is 2. The number of piperidine rings is 1. The number of hydrogen-bond donors (Lipinski definition) is 1. The summed E-state index contributed by atoms with van der Waals surface area (Å²) >= 11 is 0. The zero-order valence-electron chi connectivity index (χ0n) is 19.6. The Labute approximate surface area is 199 Å². The Bertz CT molecular complexity index is 907. The molecule has 2 aromatic rings. The Morgan fingerprint density at radius 3 is 2.56 bits per heavy atom. The smallest absolute Gasteiger partial charge is 0.387 e. The van der Waals surface area contributed by atoms with Crippen molar-refractivity contribution >= 4 is 17.4 Å². The third-order valence-electron chi connectivity index (χ3n) is 6.69. The van der Waals surface area contributed by atoms with Crippen molar-refractivity contribution in [1.82, 2.24) is 14.8 Å². The molecule has 2 aliphatic heterocycles. The topological polar surface area (TPSA) is 60.9 Å². The molecule has 0 bridgehead atoms. The van der Waals surface area contributed by atoms with Crippen LogP contribution in [-0.2, 0) is 4.79 Å². The van der Waals surface area contributed by atoms with Gasteiger partial charge in [0.25, 0.3) is 0 Å². The molecule has 2 saturated heterocycles. The molecule has 1 N–H and O–H groups in total. The maximum atomic E-state index is 12.8. The Balaban J connectivity index is 1.23. The van der Waals surface area contributed by atoms with Gasteiger partial charge in [-0.05, 0) is 68.6 Å². The van der Waals surface area contributed by atoms with Gasteiger partial charge in [0.15, 0.2) is 0 Å². The van der Waals surface area contributed by atoms with Gasteiger partial charge in [-0.15, -0.1) is 0 Å². The maximum Gasteiger partial charge on any atom is 0.387 e. The minimum atomic E-state index is -2.86. The van der Waals surface area contributed by atoms with Crippen LogP contribution < -0.4 is 15.0 Å². The molecule has 1 amide bonds. The van der Waals surface area contributed by atoms with Gasteiger partial charge < -0.3 is 15.0 Å². The molecule has 2 aliphatic rings. The number of rotatable bonds is 8. The van der Waals surface area contributed by atoms with E-state index in [9.17, 15) is 13.6 Å². The lowest BCUT2D eigenvalue weighted by atomic mass is 9.95. The fourth-order valence-corrected chi connectivity index (χ4v) is 4.80. The summed E-state index contributed by atoms with van der Waals surface area (Å²) in [7, 11) is 0. The summed E-state index contributed by atoms with van der Waals surface area (Å²) in [6.45, 7) is 5.92. The van der Waals surface area contributed by atoms with E-state index in [1.807, 2.05) is 25.3 Å². The standard InChI is InChI=1S/C25H33F2N5O2/c1-19(24(33)29-21-7-9-22(10-8-21)34-25(26)27)32-12-4-5-20(18-32)17-30-13-15-31(16-14-30)23-6-2-3-11-28-23/h2-3,6-11,19-20,25H,4-5,12-18H2,1H3,(H,29,33)/t19-,20+/m0/s1. The highest BCUT2D eigenvalue weighted by atomic mass is 19.3. The Morgan fingerprint density at radius 2 is 1.88 bits per heavy atom. The quantitative estimate of drug-likeness (QED) is 0.633. The molecule has 1 aromatic carbocycles. The van der Waals surface area contributed by atoms with E-state index < -0.39 is 6.61 Å². The minimum absolute atomic E-state index is 0.0702. The van der Waals surface area contributed by atoms with E-state index in [-0.39, 0.29) is 17.7 Å². The number of hydrogen-bond acceptors (Lipinski definition) is 6. The number of aromatic nitrogens is 1. The average Bonchev–Trinajstić information content (AvgIpc) is 2.85. The molecule has 0 saturated carbocycles. The van der Waals surface area contributed by atoms with Crippen LogP contribution in [0, 0.1) is 5.92 Å². The van der Waals surface area contributed by atoms with Crippen molar-refractivity contribution in [3.63, 3.8) is 0 Å². The number of piperazine rings is 1. The van der Waals surface area contributed by atoms with Crippen molar-refractivity contribution in [3.8, 4) is 5.75 Å². The lowest BCUT2D eigenvalue weighted by Crippen LogP contribution is -2.52. The molecule has 184 valence electrons. The summed E-state index contributed by atoms with van der Waals surface area (Å²) in [5, 5.41) is 2.89. The molecule has 7 nitrogen and oxygen atoms in total. The number of benzene rings is 1. The first-order valence-corrected chi connectivity index (χ1v) is 12.0. The van der Waals surface area contributed by atoms with Crippen molar-refractivity contribution in [2.45, 2.75) is 32.4 Å². The summed E-state index contributed by atoms with van der Waals surface area (Å²) in [5.74, 6) is 1.56. The van der Waals surface area contributed by atoms with Crippen molar-refractivity contribution < 1.29 is 18.3 Å². The van der Waals surface area contributed by atoms with E-state index in [2.05, 4.69) is 35.8 Å². The Kier molecular flexibility index (Phi) is 8.29. The molecular formula is C25H33F2N5O2. The van der Waals surface area contributed by atoms with Crippen molar-refractivity contribution in [3.05, 3.63) is 48.7 Å². The van der Waals surface area contributed by atoms with Crippen LogP contribution in [0.15, 0.2) is 48.7 Å². The van der Waals surface area contributed by atoms with Gasteiger partial charge in [-0.25, -0.2) is 4.98 Å². The Morgan fingerprint density at radius 1 is 1.12 bits per heavy atom. The van der Waals surface area contributed by atoms with Crippen LogP contribution in [0.25, 0.3) is 0 Å². The third-order valence-corrected chi connectivity index (χ3v) is 6.69. The van der Waals surface area contributed by atoms with Crippen LogP contribution in [0.4, 0.5) is 20.3 Å². The van der Waals surface area contributed by atoms with Crippen molar-refractivity contribution in [1.29, 1.82) is 0 Å². The summed E-state index contributed by atoms with van der Waals surface area (Å²) in [4.78, 5) is 24.4. The predicted molar refractivity (Wildman–Crippen MR) is 128 cm³/mol. The number of pyridine rings is 1. The summed E-state index contributed by atoms with van der Waals surface area (Å²) < 4.78 is 29.0. The number of alkyl halides is 2. The van der Waals surface area contributed by atoms with E-state index >= 15 is 0 Å². The fraction of sp³-hybridized carbons (Fsp3) is 0.520. The number of nitrogens with zero attached hydrogens (tertiary/aromatic N) is 4. The second-order valence-corrected chi connectivity index (χ2v) is 9.05. The number of carbonyl (C=O) groups is 1. The van der Waals surface area contributed by atoms with Gasteiger partial charge in [0.1, 0.15) is 11.6 Å². The molecule has 0 radical (unpaired) electrons. The number of carbonyl (C=O) groups excluding carboxylic acids is 1. The van der Waals surface area contributed by atoms with Gasteiger partial charge in [0.2, 0.25) is 5.91 Å². The number of nitrogens with one attached hydrogen (secondary N) is 1. The second-order valence-electron chi connectivity index (χ2n) is 9.05. The van der Waals surface area contributed by atoms with E-state index in [0.717, 1.165) is 58.1 Å². The van der Waals surface area contributed by atoms with E-state index in [1.54, 1.807) is 12.1 Å². The first-order valence-electron chi connectivity index (χ1n) is 12.0. The molecule has 3 heterocycles. The fourth-order valence-electron chi connectivity index (χ4n) is 4.80. The van der Waals surface area contributed by atoms with Crippen molar-refractivity contribution in [2.24, 2.45) is 5.92 Å². The van der Waals surface area contributed by atoms with Gasteiger partial charge in [0.05, 0.1) is 6.04 Å². The van der Waals surface area contributed by atoms with Crippen LogP contribution in [0.5, 0.6) is 5.75 Å². The monoisotopic (exact) mass is 473 g/mol. The molecular weight excluding hydrogens is 440 g/mol. The molecule has 2 atom stereocenters. The normalized spacial score (nSPS) is 20.8. The van der Waals surface area contributed by atoms with Gasteiger partial charge >= 0.3 is 6.61 Å². The number of ether oxygens (including phenoxy) is 1. The molecule has 0 unspecified atom stereocenters. The van der Waals surface area contributed by atoms with E-state index in [4.69, 9.17) is 0 Å². The van der Waals surface area contributed by atoms with Crippen molar-refractivity contribution in [2.75, 3.05) is 56.0 Å². The van der Waals surface area contributed by atoms with Gasteiger partial charge in [-0.2, -0.15) is 8.78 Å². The molecule has 4 rings (SSSR count). The van der Waals surface area contributed by atoms with Crippen LogP contribution in [0.3, 0.4) is 0 Å². The third kappa shape index (κ3) is 6.64. The zero-order valence-corrected chi connectivity index (χ0v) is 19.6. The first-order chi connectivity index (χ1) is 16.5. The Hall–Kier alpha value is -2.78. The highest BCUT2D eigenvalue weighted by molar-refractivity contribution is 5.94. The van der Waals surface area contributed by atoms with Gasteiger partial charge in [-0.3, -0.25) is 14.6 Å². The molecule has 2 fully saturated rings. The maximum absolute atomic E-state index is 12.8. The van der Waals surface area contributed by atoms with Gasteiger partial charge in [0, 0.05) is 51.2 Å². The summed E-state index contributed by atoms with van der Waals surface area (Å²) in [5.41, 5.74) is 0.567. The lowest BCUT2D eigenvalue weighted by Gasteiger charge is -2.40. The minimum Gasteiger partial charge on any atom is -0.435 e. The highest BCUT2D eigenvalue weighted by Crippen LogP contribution is 2.23. The van der Waals surface area contributed by atoms with E-state index in [0.29, 0.717) is 11.6 Å². The molecule has 1 aromatic heterocycles. The SMILES string of the molecule is C[C@@H](C(=O)Nc1ccc(OC(F)F)cc1)N1CCC[C@H](CN2CCN(c3ccccn3)CC2)C1. The largest absolute Gasteiger partial charge is 0.435 e. The van der Waals surface area contributed by atoms with Crippen LogP contribution in [0.2, 0.25) is 0 Å². The van der Waals surface area contributed by atoms with Crippen LogP contribution >= 0.6 is 0 Å². The number of likely N-dealkylation sites (tertiary alicyclic amines) is 1. The highest BCUT2D eigenvalue weighted by Gasteiger charge is 2.29. The molecule has 0 spiro atoms. The van der Waals surface area contributed by atoms with Gasteiger partial charge in [-0.1, -0.05) is 6.07 Å². The second kappa shape index (κ2) is 11.6. The predicted octanol–water partition coefficient (Wildman–Crippen LogP) is 3.54. The lowest BCUT2D eigenvalue weighted by molar-refractivity contribution is -0.121. The summed E-state index contributed by atoms with van der Waals surface area (Å²) in [6, 6.07) is 11.8. The molecule has 9 heteroatoms. The average molecular weight is 474 g/mol. The zero-order chi connectivity index (χ0) is 23.9. The molecule has 34 heavy (non-hydrogen) atoms. The van der Waals surface area contributed by atoms with Crippen LogP contribution in [-0.4, -0.2) is 79.2 Å². The number of halogens is 2. The molecule has 0 aliphatic carbocycles.